The largest absolute Gasteiger partial charge is 0.387 e. The molecule has 1 aromatic rings. The van der Waals surface area contributed by atoms with Crippen molar-refractivity contribution in [2.24, 2.45) is 0 Å². The summed E-state index contributed by atoms with van der Waals surface area (Å²) < 4.78 is 21.9. The van der Waals surface area contributed by atoms with Crippen LogP contribution in [0, 0.1) is 0 Å². The van der Waals surface area contributed by atoms with Gasteiger partial charge in [-0.15, -0.1) is 0 Å². The van der Waals surface area contributed by atoms with E-state index in [2.05, 4.69) is 0 Å². The molecule has 0 aliphatic carbocycles. The van der Waals surface area contributed by atoms with Crippen LogP contribution in [-0.2, 0) is 9.84 Å². The molecule has 1 rings (SSSR count). The lowest BCUT2D eigenvalue weighted by Gasteiger charge is -2.11. The number of sulfone groups is 1. The first-order chi connectivity index (χ1) is 6.79. The van der Waals surface area contributed by atoms with Crippen molar-refractivity contribution in [2.45, 2.75) is 6.10 Å². The number of aliphatic hydroxyl groups is 1. The number of aliphatic hydroxyl groups excluding tert-OH is 1. The van der Waals surface area contributed by atoms with Crippen LogP contribution in [0.15, 0.2) is 18.2 Å². The highest BCUT2D eigenvalue weighted by Crippen LogP contribution is 2.26. The Morgan fingerprint density at radius 1 is 1.40 bits per heavy atom. The van der Waals surface area contributed by atoms with Crippen LogP contribution in [0.3, 0.4) is 0 Å². The van der Waals surface area contributed by atoms with E-state index in [1.54, 1.807) is 6.07 Å². The van der Waals surface area contributed by atoms with Crippen molar-refractivity contribution in [3.63, 3.8) is 0 Å². The second-order valence-electron chi connectivity index (χ2n) is 3.27. The standard InChI is InChI=1S/C9H10Cl2O3S/c1-15(13,14)5-9(12)7-3-2-6(10)4-8(7)11/h2-4,9,12H,5H2,1H3. The summed E-state index contributed by atoms with van der Waals surface area (Å²) in [6.45, 7) is 0. The maximum atomic E-state index is 11.0. The molecule has 0 aromatic heterocycles. The highest BCUT2D eigenvalue weighted by molar-refractivity contribution is 7.90. The van der Waals surface area contributed by atoms with Gasteiger partial charge in [0.25, 0.3) is 0 Å². The fourth-order valence-electron chi connectivity index (χ4n) is 1.15. The van der Waals surface area contributed by atoms with Gasteiger partial charge in [-0.2, -0.15) is 0 Å². The second-order valence-corrected chi connectivity index (χ2v) is 6.30. The Morgan fingerprint density at radius 2 is 2.00 bits per heavy atom. The lowest BCUT2D eigenvalue weighted by molar-refractivity contribution is 0.202. The van der Waals surface area contributed by atoms with Gasteiger partial charge in [0.05, 0.1) is 11.9 Å². The minimum Gasteiger partial charge on any atom is -0.387 e. The van der Waals surface area contributed by atoms with E-state index in [4.69, 9.17) is 23.2 Å². The van der Waals surface area contributed by atoms with Crippen LogP contribution in [0.4, 0.5) is 0 Å². The van der Waals surface area contributed by atoms with Gasteiger partial charge in [0.1, 0.15) is 9.84 Å². The maximum absolute atomic E-state index is 11.0. The minimum absolute atomic E-state index is 0.263. The Hall–Kier alpha value is -0.290. The van der Waals surface area contributed by atoms with Crippen LogP contribution in [0.1, 0.15) is 11.7 Å². The predicted octanol–water partition coefficient (Wildman–Crippen LogP) is 2.07. The topological polar surface area (TPSA) is 54.4 Å². The molecule has 0 heterocycles. The van der Waals surface area contributed by atoms with Gasteiger partial charge < -0.3 is 5.11 Å². The molecule has 0 amide bonds. The Kier molecular flexibility index (Phi) is 4.00. The zero-order chi connectivity index (χ0) is 11.6. The number of hydrogen-bond acceptors (Lipinski definition) is 3. The Balaban J connectivity index is 2.97. The van der Waals surface area contributed by atoms with Crippen LogP contribution in [0.25, 0.3) is 0 Å². The molecule has 3 nitrogen and oxygen atoms in total. The van der Waals surface area contributed by atoms with E-state index in [1.165, 1.54) is 12.1 Å². The predicted molar refractivity (Wildman–Crippen MR) is 61.1 cm³/mol. The number of benzene rings is 1. The summed E-state index contributed by atoms with van der Waals surface area (Å²) in [4.78, 5) is 0. The average molecular weight is 269 g/mol. The summed E-state index contributed by atoms with van der Waals surface area (Å²) in [5, 5.41) is 10.3. The third-order valence-electron chi connectivity index (χ3n) is 1.78. The van der Waals surface area contributed by atoms with Gasteiger partial charge >= 0.3 is 0 Å². The van der Waals surface area contributed by atoms with Crippen molar-refractivity contribution in [1.82, 2.24) is 0 Å². The van der Waals surface area contributed by atoms with Crippen LogP contribution < -0.4 is 0 Å². The quantitative estimate of drug-likeness (QED) is 0.913. The molecule has 0 bridgehead atoms. The fraction of sp³-hybridized carbons (Fsp3) is 0.333. The summed E-state index contributed by atoms with van der Waals surface area (Å²) in [7, 11) is -3.24. The van der Waals surface area contributed by atoms with Crippen molar-refractivity contribution < 1.29 is 13.5 Å². The van der Waals surface area contributed by atoms with Crippen LogP contribution >= 0.6 is 23.2 Å². The summed E-state index contributed by atoms with van der Waals surface area (Å²) in [5.74, 6) is -0.353. The smallest absolute Gasteiger partial charge is 0.150 e. The van der Waals surface area contributed by atoms with Gasteiger partial charge in [-0.1, -0.05) is 29.3 Å². The van der Waals surface area contributed by atoms with Crippen LogP contribution in [-0.4, -0.2) is 25.5 Å². The Labute approximate surface area is 98.6 Å². The highest BCUT2D eigenvalue weighted by Gasteiger charge is 2.17. The molecule has 0 aliphatic heterocycles. The van der Waals surface area contributed by atoms with Gasteiger partial charge in [0.15, 0.2) is 0 Å². The second kappa shape index (κ2) is 4.70. The van der Waals surface area contributed by atoms with Gasteiger partial charge in [0, 0.05) is 21.9 Å². The Bertz CT molecular complexity index is 456. The van der Waals surface area contributed by atoms with Crippen molar-refractivity contribution in [3.05, 3.63) is 33.8 Å². The normalized spacial score (nSPS) is 13.9. The van der Waals surface area contributed by atoms with Crippen molar-refractivity contribution in [1.29, 1.82) is 0 Å². The van der Waals surface area contributed by atoms with Crippen molar-refractivity contribution >= 4 is 33.0 Å². The zero-order valence-corrected chi connectivity index (χ0v) is 10.3. The lowest BCUT2D eigenvalue weighted by Crippen LogP contribution is -2.13. The van der Waals surface area contributed by atoms with Crippen LogP contribution in [0.2, 0.25) is 10.0 Å². The third kappa shape index (κ3) is 3.99. The molecule has 1 aromatic carbocycles. The van der Waals surface area contributed by atoms with E-state index < -0.39 is 15.9 Å². The molecule has 84 valence electrons. The molecule has 0 fully saturated rings. The van der Waals surface area contributed by atoms with E-state index >= 15 is 0 Å². The SMILES string of the molecule is CS(=O)(=O)CC(O)c1ccc(Cl)cc1Cl. The Morgan fingerprint density at radius 3 is 2.47 bits per heavy atom. The molecule has 0 spiro atoms. The zero-order valence-electron chi connectivity index (χ0n) is 7.94. The summed E-state index contributed by atoms with van der Waals surface area (Å²) >= 11 is 11.5. The van der Waals surface area contributed by atoms with Crippen LogP contribution in [0.5, 0.6) is 0 Å². The first kappa shape index (κ1) is 12.8. The monoisotopic (exact) mass is 268 g/mol. The first-order valence-electron chi connectivity index (χ1n) is 4.10. The summed E-state index contributed by atoms with van der Waals surface area (Å²) in [6.07, 6.45) is -0.0650. The van der Waals surface area contributed by atoms with E-state index in [-0.39, 0.29) is 10.8 Å². The fourth-order valence-corrected chi connectivity index (χ4v) is 2.44. The van der Waals surface area contributed by atoms with Gasteiger partial charge in [0.2, 0.25) is 0 Å². The molecule has 1 unspecified atom stereocenters. The highest BCUT2D eigenvalue weighted by atomic mass is 35.5. The summed E-state index contributed by atoms with van der Waals surface area (Å²) in [5.41, 5.74) is 0.367. The lowest BCUT2D eigenvalue weighted by atomic mass is 10.1. The maximum Gasteiger partial charge on any atom is 0.150 e. The number of hydrogen-bond donors (Lipinski definition) is 1. The van der Waals surface area contributed by atoms with E-state index in [0.29, 0.717) is 10.6 Å². The first-order valence-corrected chi connectivity index (χ1v) is 6.92. The van der Waals surface area contributed by atoms with E-state index in [1.807, 2.05) is 0 Å². The summed E-state index contributed by atoms with van der Waals surface area (Å²) in [6, 6.07) is 4.53. The molecule has 0 saturated heterocycles. The minimum atomic E-state index is -3.24. The molecule has 6 heteroatoms. The van der Waals surface area contributed by atoms with Gasteiger partial charge in [-0.25, -0.2) is 8.42 Å². The van der Waals surface area contributed by atoms with Crippen molar-refractivity contribution in [2.75, 3.05) is 12.0 Å². The molecular weight excluding hydrogens is 259 g/mol. The number of rotatable bonds is 3. The van der Waals surface area contributed by atoms with E-state index in [9.17, 15) is 13.5 Å². The molecular formula is C9H10Cl2O3S. The molecule has 0 aliphatic rings. The molecule has 1 atom stereocenters. The molecule has 1 N–H and O–H groups in total. The van der Waals surface area contributed by atoms with Crippen molar-refractivity contribution in [3.8, 4) is 0 Å². The molecule has 0 radical (unpaired) electrons. The third-order valence-corrected chi connectivity index (χ3v) is 3.27. The molecule has 15 heavy (non-hydrogen) atoms. The number of halogens is 2. The van der Waals surface area contributed by atoms with Gasteiger partial charge in [-0.05, 0) is 12.1 Å². The molecule has 0 saturated carbocycles. The van der Waals surface area contributed by atoms with E-state index in [0.717, 1.165) is 6.26 Å². The van der Waals surface area contributed by atoms with Gasteiger partial charge in [-0.3, -0.25) is 0 Å². The average Bonchev–Trinajstić information content (AvgIpc) is 1.99.